The van der Waals surface area contributed by atoms with Crippen LogP contribution in [-0.4, -0.2) is 64.2 Å². The largest absolute Gasteiger partial charge is 0.493 e. The van der Waals surface area contributed by atoms with Gasteiger partial charge in [0.15, 0.2) is 11.5 Å². The van der Waals surface area contributed by atoms with Crippen molar-refractivity contribution < 1.29 is 19.1 Å². The lowest BCUT2D eigenvalue weighted by atomic mass is 10.0. The Labute approximate surface area is 135 Å². The standard InChI is InChI=1S/C16H23N3O4/c1-17-16(21)11-8-19(2)9-12(11)18-15(20)10-5-6-13(22-3)14(7-10)23-4/h5-7,11-12H,8-9H2,1-4H3,(H,17,21)(H,18,20)/t11-,12-/m0/s1. The number of hydrogen-bond acceptors (Lipinski definition) is 5. The summed E-state index contributed by atoms with van der Waals surface area (Å²) >= 11 is 0. The molecule has 1 heterocycles. The molecular formula is C16H23N3O4. The number of likely N-dealkylation sites (tertiary alicyclic amines) is 1. The van der Waals surface area contributed by atoms with Crippen LogP contribution in [0.3, 0.4) is 0 Å². The summed E-state index contributed by atoms with van der Waals surface area (Å²) in [4.78, 5) is 26.4. The van der Waals surface area contributed by atoms with Gasteiger partial charge in [-0.3, -0.25) is 9.59 Å². The van der Waals surface area contributed by atoms with Gasteiger partial charge in [0.2, 0.25) is 5.91 Å². The van der Waals surface area contributed by atoms with E-state index in [1.165, 1.54) is 7.11 Å². The molecule has 126 valence electrons. The Morgan fingerprint density at radius 2 is 1.87 bits per heavy atom. The molecule has 2 amide bonds. The van der Waals surface area contributed by atoms with E-state index in [4.69, 9.17) is 9.47 Å². The minimum absolute atomic E-state index is 0.0630. The lowest BCUT2D eigenvalue weighted by molar-refractivity contribution is -0.124. The average Bonchev–Trinajstić information content (AvgIpc) is 2.93. The van der Waals surface area contributed by atoms with E-state index in [-0.39, 0.29) is 23.8 Å². The van der Waals surface area contributed by atoms with Crippen LogP contribution in [0, 0.1) is 5.92 Å². The molecule has 1 aliphatic heterocycles. The first-order valence-electron chi connectivity index (χ1n) is 7.43. The van der Waals surface area contributed by atoms with E-state index in [0.717, 1.165) is 0 Å². The van der Waals surface area contributed by atoms with Crippen LogP contribution in [0.25, 0.3) is 0 Å². The van der Waals surface area contributed by atoms with Crippen molar-refractivity contribution >= 4 is 11.8 Å². The number of carbonyl (C=O) groups is 2. The molecule has 7 nitrogen and oxygen atoms in total. The van der Waals surface area contributed by atoms with Gasteiger partial charge in [0.1, 0.15) is 0 Å². The maximum atomic E-state index is 12.5. The Balaban J connectivity index is 2.13. The molecule has 0 aromatic heterocycles. The van der Waals surface area contributed by atoms with Crippen molar-refractivity contribution in [3.8, 4) is 11.5 Å². The number of benzene rings is 1. The molecule has 2 N–H and O–H groups in total. The zero-order valence-electron chi connectivity index (χ0n) is 13.9. The molecule has 23 heavy (non-hydrogen) atoms. The number of nitrogens with zero attached hydrogens (tertiary/aromatic N) is 1. The highest BCUT2D eigenvalue weighted by Crippen LogP contribution is 2.27. The number of rotatable bonds is 5. The average molecular weight is 321 g/mol. The second-order valence-corrected chi connectivity index (χ2v) is 5.59. The minimum atomic E-state index is -0.255. The Kier molecular flexibility index (Phi) is 5.44. The molecule has 1 aromatic rings. The Morgan fingerprint density at radius 3 is 2.48 bits per heavy atom. The van der Waals surface area contributed by atoms with Crippen molar-refractivity contribution in [2.75, 3.05) is 41.4 Å². The second-order valence-electron chi connectivity index (χ2n) is 5.59. The Bertz CT molecular complexity index is 591. The number of ether oxygens (including phenoxy) is 2. The van der Waals surface area contributed by atoms with Crippen LogP contribution in [0.4, 0.5) is 0 Å². The first kappa shape index (κ1) is 17.1. The smallest absolute Gasteiger partial charge is 0.251 e. The summed E-state index contributed by atoms with van der Waals surface area (Å²) in [6.07, 6.45) is 0. The summed E-state index contributed by atoms with van der Waals surface area (Å²) in [6.45, 7) is 1.26. The van der Waals surface area contributed by atoms with Gasteiger partial charge >= 0.3 is 0 Å². The molecule has 1 fully saturated rings. The third-order valence-electron chi connectivity index (χ3n) is 4.05. The lowest BCUT2D eigenvalue weighted by Crippen LogP contribution is -2.45. The number of carbonyl (C=O) groups excluding carboxylic acids is 2. The number of amides is 2. The molecule has 1 saturated heterocycles. The summed E-state index contributed by atoms with van der Waals surface area (Å²) in [5.41, 5.74) is 0.466. The molecule has 0 spiro atoms. The van der Waals surface area contributed by atoms with Crippen LogP contribution in [-0.2, 0) is 4.79 Å². The van der Waals surface area contributed by atoms with Crippen molar-refractivity contribution in [3.05, 3.63) is 23.8 Å². The van der Waals surface area contributed by atoms with Crippen LogP contribution in [0.2, 0.25) is 0 Å². The van der Waals surface area contributed by atoms with Gasteiger partial charge in [0, 0.05) is 25.7 Å². The predicted octanol–water partition coefficient (Wildman–Crippen LogP) is 0.110. The molecular weight excluding hydrogens is 298 g/mol. The predicted molar refractivity (Wildman–Crippen MR) is 85.9 cm³/mol. The minimum Gasteiger partial charge on any atom is -0.493 e. The first-order valence-corrected chi connectivity index (χ1v) is 7.43. The van der Waals surface area contributed by atoms with Crippen molar-refractivity contribution in [1.29, 1.82) is 0 Å². The van der Waals surface area contributed by atoms with Gasteiger partial charge in [-0.2, -0.15) is 0 Å². The number of hydrogen-bond donors (Lipinski definition) is 2. The molecule has 0 aliphatic carbocycles. The van der Waals surface area contributed by atoms with Gasteiger partial charge in [0.05, 0.1) is 26.2 Å². The normalized spacial score (nSPS) is 20.9. The van der Waals surface area contributed by atoms with Crippen molar-refractivity contribution in [2.24, 2.45) is 5.92 Å². The number of likely N-dealkylation sites (N-methyl/N-ethyl adjacent to an activating group) is 1. The topological polar surface area (TPSA) is 79.9 Å². The van der Waals surface area contributed by atoms with E-state index < -0.39 is 0 Å². The Morgan fingerprint density at radius 1 is 1.17 bits per heavy atom. The summed E-state index contributed by atoms with van der Waals surface area (Å²) in [5.74, 6) is 0.501. The molecule has 0 bridgehead atoms. The van der Waals surface area contributed by atoms with Gasteiger partial charge < -0.3 is 25.0 Å². The second kappa shape index (κ2) is 7.32. The van der Waals surface area contributed by atoms with Crippen molar-refractivity contribution in [2.45, 2.75) is 6.04 Å². The molecule has 7 heteroatoms. The molecule has 1 aliphatic rings. The van der Waals surface area contributed by atoms with Gasteiger partial charge in [0.25, 0.3) is 5.91 Å². The van der Waals surface area contributed by atoms with Crippen molar-refractivity contribution in [1.82, 2.24) is 15.5 Å². The summed E-state index contributed by atoms with van der Waals surface area (Å²) < 4.78 is 10.4. The molecule has 2 rings (SSSR count). The quantitative estimate of drug-likeness (QED) is 0.805. The third-order valence-corrected chi connectivity index (χ3v) is 4.05. The van der Waals surface area contributed by atoms with Crippen LogP contribution in [0.1, 0.15) is 10.4 Å². The van der Waals surface area contributed by atoms with Gasteiger partial charge in [-0.15, -0.1) is 0 Å². The Hall–Kier alpha value is -2.28. The molecule has 0 saturated carbocycles. The molecule has 1 aromatic carbocycles. The van der Waals surface area contributed by atoms with Gasteiger partial charge in [-0.05, 0) is 25.2 Å². The molecule has 2 atom stereocenters. The van der Waals surface area contributed by atoms with Crippen LogP contribution in [0.5, 0.6) is 11.5 Å². The highest BCUT2D eigenvalue weighted by Gasteiger charge is 2.36. The fourth-order valence-corrected chi connectivity index (χ4v) is 2.83. The van der Waals surface area contributed by atoms with Crippen molar-refractivity contribution in [3.63, 3.8) is 0 Å². The van der Waals surface area contributed by atoms with Gasteiger partial charge in [-0.25, -0.2) is 0 Å². The monoisotopic (exact) mass is 321 g/mol. The third kappa shape index (κ3) is 3.73. The van der Waals surface area contributed by atoms with E-state index in [1.54, 1.807) is 32.4 Å². The highest BCUT2D eigenvalue weighted by molar-refractivity contribution is 5.95. The van der Waals surface area contributed by atoms with Crippen LogP contribution < -0.4 is 20.1 Å². The van der Waals surface area contributed by atoms with E-state index in [1.807, 2.05) is 11.9 Å². The number of nitrogens with one attached hydrogen (secondary N) is 2. The lowest BCUT2D eigenvalue weighted by Gasteiger charge is -2.19. The SMILES string of the molecule is CNC(=O)[C@H]1CN(C)C[C@@H]1NC(=O)c1ccc(OC)c(OC)c1. The van der Waals surface area contributed by atoms with Crippen LogP contribution in [0.15, 0.2) is 18.2 Å². The maximum absolute atomic E-state index is 12.5. The highest BCUT2D eigenvalue weighted by atomic mass is 16.5. The zero-order valence-corrected chi connectivity index (χ0v) is 13.9. The molecule has 0 radical (unpaired) electrons. The van der Waals surface area contributed by atoms with E-state index in [2.05, 4.69) is 10.6 Å². The summed E-state index contributed by atoms with van der Waals surface area (Å²) in [6, 6.07) is 4.76. The fourth-order valence-electron chi connectivity index (χ4n) is 2.83. The summed E-state index contributed by atoms with van der Waals surface area (Å²) in [7, 11) is 6.60. The van der Waals surface area contributed by atoms with E-state index >= 15 is 0 Å². The maximum Gasteiger partial charge on any atom is 0.251 e. The van der Waals surface area contributed by atoms with Crippen LogP contribution >= 0.6 is 0 Å². The van der Waals surface area contributed by atoms with E-state index in [0.29, 0.717) is 30.2 Å². The zero-order chi connectivity index (χ0) is 17.0. The first-order chi connectivity index (χ1) is 11.0. The fraction of sp³-hybridized carbons (Fsp3) is 0.500. The molecule has 0 unspecified atom stereocenters. The van der Waals surface area contributed by atoms with Gasteiger partial charge in [-0.1, -0.05) is 0 Å². The summed E-state index contributed by atoms with van der Waals surface area (Å²) in [5, 5.41) is 5.59. The van der Waals surface area contributed by atoms with E-state index in [9.17, 15) is 9.59 Å². The number of methoxy groups -OCH3 is 2.